The summed E-state index contributed by atoms with van der Waals surface area (Å²) in [7, 11) is 0. The molecule has 1 aromatic rings. The Morgan fingerprint density at radius 1 is 1.32 bits per heavy atom. The second-order valence-electron chi connectivity index (χ2n) is 8.62. The molecule has 2 aliphatic heterocycles. The minimum absolute atomic E-state index is 0.127. The summed E-state index contributed by atoms with van der Waals surface area (Å²) >= 11 is 0. The molecule has 2 N–H and O–H groups in total. The third-order valence-corrected chi connectivity index (χ3v) is 6.20. The molecule has 3 aliphatic rings. The van der Waals surface area contributed by atoms with E-state index in [1.165, 1.54) is 22.8 Å². The number of nitrogens with zero attached hydrogens (tertiary/aromatic N) is 4. The zero-order valence-electron chi connectivity index (χ0n) is 18.8. The monoisotopic (exact) mass is 471 g/mol. The van der Waals surface area contributed by atoms with E-state index in [2.05, 4.69) is 11.4 Å². The maximum atomic E-state index is 15.0. The van der Waals surface area contributed by atoms with Crippen molar-refractivity contribution >= 4 is 29.5 Å². The van der Waals surface area contributed by atoms with Crippen molar-refractivity contribution in [1.82, 2.24) is 10.2 Å². The number of anilines is 2. The topological polar surface area (TPSA) is 126 Å². The first kappa shape index (κ1) is 23.4. The van der Waals surface area contributed by atoms with E-state index in [-0.39, 0.29) is 30.7 Å². The molecule has 0 spiro atoms. The number of carbonyl (C=O) groups is 3. The van der Waals surface area contributed by atoms with Crippen LogP contribution >= 0.6 is 0 Å². The van der Waals surface area contributed by atoms with Gasteiger partial charge in [-0.1, -0.05) is 0 Å². The summed E-state index contributed by atoms with van der Waals surface area (Å²) in [5.41, 5.74) is 1.71. The van der Waals surface area contributed by atoms with E-state index in [9.17, 15) is 24.8 Å². The minimum atomic E-state index is -1.12. The second-order valence-corrected chi connectivity index (χ2v) is 8.62. The maximum absolute atomic E-state index is 15.0. The van der Waals surface area contributed by atoms with Gasteiger partial charge in [-0.15, -0.1) is 0 Å². The highest BCUT2D eigenvalue weighted by Gasteiger charge is 2.37. The van der Waals surface area contributed by atoms with Crippen LogP contribution in [0.1, 0.15) is 32.6 Å². The summed E-state index contributed by atoms with van der Waals surface area (Å²) in [5.74, 6) is -0.719. The van der Waals surface area contributed by atoms with Gasteiger partial charge in [-0.05, 0) is 49.5 Å². The number of nitriles is 1. The zero-order valence-corrected chi connectivity index (χ0v) is 18.8. The summed E-state index contributed by atoms with van der Waals surface area (Å²) in [4.78, 5) is 39.2. The number of rotatable bonds is 6. The van der Waals surface area contributed by atoms with Gasteiger partial charge >= 0.3 is 12.2 Å². The van der Waals surface area contributed by atoms with Gasteiger partial charge in [-0.3, -0.25) is 14.6 Å². The van der Waals surface area contributed by atoms with Gasteiger partial charge in [0.15, 0.2) is 0 Å². The zero-order chi connectivity index (χ0) is 24.4. The lowest BCUT2D eigenvalue weighted by molar-refractivity contribution is -0.119. The van der Waals surface area contributed by atoms with Crippen LogP contribution in [0.4, 0.5) is 25.4 Å². The van der Waals surface area contributed by atoms with E-state index in [0.717, 1.165) is 18.4 Å². The number of nitrogens with one attached hydrogen (secondary N) is 1. The highest BCUT2D eigenvalue weighted by atomic mass is 19.1. The van der Waals surface area contributed by atoms with Crippen LogP contribution < -0.4 is 15.1 Å². The number of hydrogen-bond acceptors (Lipinski definition) is 6. The van der Waals surface area contributed by atoms with Crippen LogP contribution in [0.15, 0.2) is 29.5 Å². The van der Waals surface area contributed by atoms with Gasteiger partial charge in [0.25, 0.3) is 0 Å². The molecular weight excluding hydrogens is 445 g/mol. The Balaban J connectivity index is 1.43. The van der Waals surface area contributed by atoms with Crippen LogP contribution in [0.2, 0.25) is 0 Å². The first-order valence-electron chi connectivity index (χ1n) is 11.2. The number of allylic oxidation sites excluding steroid dienone is 1. The molecular formula is C23H26FN5O5. The van der Waals surface area contributed by atoms with Crippen LogP contribution in [-0.2, 0) is 9.53 Å². The predicted octanol–water partition coefficient (Wildman–Crippen LogP) is 2.81. The fraction of sp³-hybridized carbons (Fsp3) is 0.478. The van der Waals surface area contributed by atoms with E-state index in [4.69, 9.17) is 4.74 Å². The lowest BCUT2D eigenvalue weighted by Crippen LogP contribution is -2.35. The molecule has 2 heterocycles. The molecule has 1 saturated carbocycles. The molecule has 0 radical (unpaired) electrons. The van der Waals surface area contributed by atoms with Crippen molar-refractivity contribution in [2.45, 2.75) is 44.8 Å². The SMILES string of the molecule is CC(=O)NC[C@H]1CN(c2ccc(N3CCC(=C(C#N)N(C(=O)O)C4CC4)CC3)c(F)c2)C(=O)O1. The number of benzene rings is 1. The second kappa shape index (κ2) is 9.59. The van der Waals surface area contributed by atoms with Gasteiger partial charge in [0.2, 0.25) is 5.91 Å². The average molecular weight is 471 g/mol. The van der Waals surface area contributed by atoms with Crippen molar-refractivity contribution < 1.29 is 28.6 Å². The largest absolute Gasteiger partial charge is 0.465 e. The molecule has 1 aliphatic carbocycles. The van der Waals surface area contributed by atoms with E-state index in [0.29, 0.717) is 37.3 Å². The maximum Gasteiger partial charge on any atom is 0.414 e. The highest BCUT2D eigenvalue weighted by Crippen LogP contribution is 2.35. The van der Waals surface area contributed by atoms with Crippen molar-refractivity contribution in [3.8, 4) is 6.07 Å². The summed E-state index contributed by atoms with van der Waals surface area (Å²) in [6.45, 7) is 2.65. The van der Waals surface area contributed by atoms with E-state index < -0.39 is 24.1 Å². The summed E-state index contributed by atoms with van der Waals surface area (Å²) < 4.78 is 20.2. The Labute approximate surface area is 196 Å². The summed E-state index contributed by atoms with van der Waals surface area (Å²) in [6.07, 6.45) is 0.211. The van der Waals surface area contributed by atoms with Gasteiger partial charge in [-0.25, -0.2) is 14.0 Å². The number of carbonyl (C=O) groups excluding carboxylic acids is 2. The van der Waals surface area contributed by atoms with Gasteiger partial charge < -0.3 is 20.1 Å². The fourth-order valence-corrected chi connectivity index (χ4v) is 4.34. The third-order valence-electron chi connectivity index (χ3n) is 6.20. The number of ether oxygens (including phenoxy) is 1. The molecule has 180 valence electrons. The Bertz CT molecular complexity index is 1070. The van der Waals surface area contributed by atoms with Crippen molar-refractivity contribution in [2.75, 3.05) is 36.0 Å². The molecule has 1 aromatic carbocycles. The van der Waals surface area contributed by atoms with Crippen molar-refractivity contribution in [2.24, 2.45) is 0 Å². The van der Waals surface area contributed by atoms with Gasteiger partial charge in [0, 0.05) is 26.1 Å². The van der Waals surface area contributed by atoms with Crippen LogP contribution in [0, 0.1) is 17.1 Å². The smallest absolute Gasteiger partial charge is 0.414 e. The quantitative estimate of drug-likeness (QED) is 0.611. The summed E-state index contributed by atoms with van der Waals surface area (Å²) in [5, 5.41) is 21.7. The third kappa shape index (κ3) is 4.90. The first-order valence-corrected chi connectivity index (χ1v) is 11.2. The number of amides is 3. The summed E-state index contributed by atoms with van der Waals surface area (Å²) in [6, 6.07) is 6.46. The minimum Gasteiger partial charge on any atom is -0.465 e. The molecule has 0 unspecified atom stereocenters. The molecule has 3 fully saturated rings. The van der Waals surface area contributed by atoms with Crippen molar-refractivity contribution in [3.05, 3.63) is 35.3 Å². The number of piperidine rings is 1. The molecule has 0 bridgehead atoms. The molecule has 1 atom stereocenters. The Kier molecular flexibility index (Phi) is 6.58. The number of carboxylic acid groups (broad SMARTS) is 1. The molecule has 4 rings (SSSR count). The van der Waals surface area contributed by atoms with E-state index in [1.807, 2.05) is 4.90 Å². The molecule has 11 heteroatoms. The number of halogens is 1. The van der Waals surface area contributed by atoms with Crippen molar-refractivity contribution in [1.29, 1.82) is 5.26 Å². The number of hydrogen-bond donors (Lipinski definition) is 2. The van der Waals surface area contributed by atoms with Crippen LogP contribution in [0.5, 0.6) is 0 Å². The van der Waals surface area contributed by atoms with Crippen molar-refractivity contribution in [3.63, 3.8) is 0 Å². The number of cyclic esters (lactones) is 1. The average Bonchev–Trinajstić information content (AvgIpc) is 3.56. The molecule has 3 amide bonds. The van der Waals surface area contributed by atoms with Crippen LogP contribution in [-0.4, -0.2) is 66.4 Å². The molecule has 2 saturated heterocycles. The van der Waals surface area contributed by atoms with E-state index in [1.54, 1.807) is 12.1 Å². The lowest BCUT2D eigenvalue weighted by atomic mass is 10.0. The molecule has 0 aromatic heterocycles. The van der Waals surface area contributed by atoms with Crippen LogP contribution in [0.25, 0.3) is 0 Å². The van der Waals surface area contributed by atoms with Crippen LogP contribution in [0.3, 0.4) is 0 Å². The Morgan fingerprint density at radius 2 is 2.03 bits per heavy atom. The fourth-order valence-electron chi connectivity index (χ4n) is 4.34. The standard InChI is InChI=1S/C23H26FN5O5/c1-14(30)26-12-18-13-28(23(33)34-18)17-4-5-20(19(24)10-17)27-8-6-15(7-9-27)21(11-25)29(22(31)32)16-2-3-16/h4-5,10,16,18H,2-3,6-9,12-13H2,1H3,(H,26,30)(H,31,32)/t18-/m0/s1. The normalized spacial score (nSPS) is 20.0. The van der Waals surface area contributed by atoms with E-state index >= 15 is 4.39 Å². The van der Waals surface area contributed by atoms with Gasteiger partial charge in [0.1, 0.15) is 23.7 Å². The lowest BCUT2D eigenvalue weighted by Gasteiger charge is -2.32. The Hall–Kier alpha value is -3.81. The molecule has 34 heavy (non-hydrogen) atoms. The Morgan fingerprint density at radius 3 is 2.59 bits per heavy atom. The van der Waals surface area contributed by atoms with Gasteiger partial charge in [-0.2, -0.15) is 5.26 Å². The first-order chi connectivity index (χ1) is 16.3. The highest BCUT2D eigenvalue weighted by molar-refractivity contribution is 5.90. The van der Waals surface area contributed by atoms with Gasteiger partial charge in [0.05, 0.1) is 24.5 Å². The molecule has 10 nitrogen and oxygen atoms in total. The predicted molar refractivity (Wildman–Crippen MR) is 120 cm³/mol.